The number of hydrogen-bond donors (Lipinski definition) is 1. The van der Waals surface area contributed by atoms with Gasteiger partial charge in [-0.25, -0.2) is 14.4 Å². The summed E-state index contributed by atoms with van der Waals surface area (Å²) in [5.74, 6) is -0.280. The number of carbonyl (C=O) groups is 1. The highest BCUT2D eigenvalue weighted by molar-refractivity contribution is 8.00. The lowest BCUT2D eigenvalue weighted by Gasteiger charge is -2.08. The summed E-state index contributed by atoms with van der Waals surface area (Å²) in [5.41, 5.74) is 1.85. The molecule has 0 saturated carbocycles. The van der Waals surface area contributed by atoms with Gasteiger partial charge < -0.3 is 5.32 Å². The maximum absolute atomic E-state index is 13.7. The maximum Gasteiger partial charge on any atom is 0.234 e. The van der Waals surface area contributed by atoms with Gasteiger partial charge in [0.15, 0.2) is 0 Å². The first-order valence-electron chi connectivity index (χ1n) is 6.85. The summed E-state index contributed by atoms with van der Waals surface area (Å²) < 4.78 is 13.7. The van der Waals surface area contributed by atoms with Crippen LogP contribution in [0.4, 0.5) is 10.1 Å². The molecule has 1 N–H and O–H groups in total. The molecule has 0 spiro atoms. The van der Waals surface area contributed by atoms with Crippen molar-refractivity contribution in [2.45, 2.75) is 25.8 Å². The summed E-state index contributed by atoms with van der Waals surface area (Å²) in [4.78, 5) is 20.3. The standard InChI is InChI=1S/C16H15FN4OS/c1-9-4-5-14(13(17)6-9)21-15(22)8-23-16-12(7-18)10(2)19-11(3)20-16/h4-6H,8H2,1-3H3,(H,21,22). The van der Waals surface area contributed by atoms with Crippen molar-refractivity contribution in [3.05, 3.63) is 46.7 Å². The molecule has 7 heteroatoms. The number of thioether (sulfide) groups is 1. The molecule has 2 rings (SSSR count). The van der Waals surface area contributed by atoms with Gasteiger partial charge >= 0.3 is 0 Å². The number of anilines is 1. The smallest absolute Gasteiger partial charge is 0.234 e. The number of amides is 1. The Bertz CT molecular complexity index is 801. The number of nitrogens with one attached hydrogen (secondary N) is 1. The molecule has 23 heavy (non-hydrogen) atoms. The van der Waals surface area contributed by atoms with Crippen LogP contribution in [0.2, 0.25) is 0 Å². The molecule has 118 valence electrons. The Balaban J connectivity index is 2.07. The minimum atomic E-state index is -0.477. The van der Waals surface area contributed by atoms with Gasteiger partial charge in [-0.3, -0.25) is 4.79 Å². The molecule has 0 atom stereocenters. The summed E-state index contributed by atoms with van der Waals surface area (Å²) in [6.45, 7) is 5.22. The van der Waals surface area contributed by atoms with E-state index in [1.165, 1.54) is 12.1 Å². The number of hydrogen-bond acceptors (Lipinski definition) is 5. The van der Waals surface area contributed by atoms with E-state index in [4.69, 9.17) is 5.26 Å². The number of aryl methyl sites for hydroxylation is 3. The molecule has 0 aliphatic carbocycles. The molecule has 0 aliphatic rings. The first-order valence-corrected chi connectivity index (χ1v) is 7.83. The van der Waals surface area contributed by atoms with Crippen molar-refractivity contribution in [3.8, 4) is 6.07 Å². The SMILES string of the molecule is Cc1ccc(NC(=O)CSc2nc(C)nc(C)c2C#N)c(F)c1. The van der Waals surface area contributed by atoms with E-state index in [1.54, 1.807) is 26.8 Å². The van der Waals surface area contributed by atoms with E-state index in [0.717, 1.165) is 17.3 Å². The summed E-state index contributed by atoms with van der Waals surface area (Å²) in [6, 6.07) is 6.64. The van der Waals surface area contributed by atoms with Crippen LogP contribution < -0.4 is 5.32 Å². The van der Waals surface area contributed by atoms with Crippen LogP contribution in [0.25, 0.3) is 0 Å². The summed E-state index contributed by atoms with van der Waals surface area (Å²) in [5, 5.41) is 12.1. The molecule has 0 fully saturated rings. The summed E-state index contributed by atoms with van der Waals surface area (Å²) in [6.07, 6.45) is 0. The van der Waals surface area contributed by atoms with E-state index in [0.29, 0.717) is 22.1 Å². The van der Waals surface area contributed by atoms with Crippen LogP contribution in [0.15, 0.2) is 23.2 Å². The average molecular weight is 330 g/mol. The van der Waals surface area contributed by atoms with Gasteiger partial charge in [-0.05, 0) is 38.5 Å². The van der Waals surface area contributed by atoms with Gasteiger partial charge in [0, 0.05) is 0 Å². The minimum Gasteiger partial charge on any atom is -0.323 e. The second-order valence-corrected chi connectivity index (χ2v) is 5.93. The Morgan fingerprint density at radius 3 is 2.74 bits per heavy atom. The van der Waals surface area contributed by atoms with Crippen LogP contribution in [0.3, 0.4) is 0 Å². The van der Waals surface area contributed by atoms with Gasteiger partial charge in [0.2, 0.25) is 5.91 Å². The first-order chi connectivity index (χ1) is 10.9. The zero-order chi connectivity index (χ0) is 17.0. The number of halogens is 1. The molecule has 2 aromatic rings. The van der Waals surface area contributed by atoms with Crippen LogP contribution in [-0.2, 0) is 4.79 Å². The van der Waals surface area contributed by atoms with Gasteiger partial charge in [-0.15, -0.1) is 0 Å². The largest absolute Gasteiger partial charge is 0.323 e. The molecule has 0 radical (unpaired) electrons. The highest BCUT2D eigenvalue weighted by Crippen LogP contribution is 2.22. The highest BCUT2D eigenvalue weighted by atomic mass is 32.2. The second-order valence-electron chi connectivity index (χ2n) is 4.97. The predicted octanol–water partition coefficient (Wildman–Crippen LogP) is 3.14. The van der Waals surface area contributed by atoms with Crippen LogP contribution in [0, 0.1) is 37.9 Å². The van der Waals surface area contributed by atoms with Crippen molar-refractivity contribution in [3.63, 3.8) is 0 Å². The quantitative estimate of drug-likeness (QED) is 0.688. The van der Waals surface area contributed by atoms with Crippen LogP contribution >= 0.6 is 11.8 Å². The fraction of sp³-hybridized carbons (Fsp3) is 0.250. The lowest BCUT2D eigenvalue weighted by molar-refractivity contribution is -0.113. The number of rotatable bonds is 4. The van der Waals surface area contributed by atoms with Crippen molar-refractivity contribution in [2.24, 2.45) is 0 Å². The minimum absolute atomic E-state index is 0.0257. The van der Waals surface area contributed by atoms with E-state index >= 15 is 0 Å². The number of aromatic nitrogens is 2. The molecule has 0 bridgehead atoms. The van der Waals surface area contributed by atoms with E-state index in [1.807, 2.05) is 6.07 Å². The fourth-order valence-corrected chi connectivity index (χ4v) is 2.83. The van der Waals surface area contributed by atoms with Crippen molar-refractivity contribution < 1.29 is 9.18 Å². The Hall–Kier alpha value is -2.46. The van der Waals surface area contributed by atoms with Gasteiger partial charge in [0.1, 0.15) is 28.3 Å². The molecular weight excluding hydrogens is 315 g/mol. The third-order valence-corrected chi connectivity index (χ3v) is 3.99. The Labute approximate surface area is 138 Å². The number of benzene rings is 1. The average Bonchev–Trinajstić information content (AvgIpc) is 2.47. The third kappa shape index (κ3) is 4.27. The van der Waals surface area contributed by atoms with Crippen molar-refractivity contribution in [1.29, 1.82) is 5.26 Å². The monoisotopic (exact) mass is 330 g/mol. The van der Waals surface area contributed by atoms with Gasteiger partial charge in [-0.1, -0.05) is 17.8 Å². The summed E-state index contributed by atoms with van der Waals surface area (Å²) >= 11 is 1.13. The van der Waals surface area contributed by atoms with Crippen LogP contribution in [0.5, 0.6) is 0 Å². The highest BCUT2D eigenvalue weighted by Gasteiger charge is 2.13. The van der Waals surface area contributed by atoms with Crippen molar-refractivity contribution >= 4 is 23.4 Å². The van der Waals surface area contributed by atoms with Gasteiger partial charge in [-0.2, -0.15) is 5.26 Å². The van der Waals surface area contributed by atoms with Gasteiger partial charge in [0.25, 0.3) is 0 Å². The normalized spacial score (nSPS) is 10.2. The Kier molecular flexibility index (Phi) is 5.29. The molecule has 5 nitrogen and oxygen atoms in total. The fourth-order valence-electron chi connectivity index (χ4n) is 1.96. The molecule has 0 unspecified atom stereocenters. The van der Waals surface area contributed by atoms with E-state index < -0.39 is 5.82 Å². The van der Waals surface area contributed by atoms with Crippen molar-refractivity contribution in [1.82, 2.24) is 9.97 Å². The predicted molar refractivity (Wildman–Crippen MR) is 86.7 cm³/mol. The van der Waals surface area contributed by atoms with Gasteiger partial charge in [0.05, 0.1) is 17.1 Å². The number of nitrogens with zero attached hydrogens (tertiary/aromatic N) is 3. The Morgan fingerprint density at radius 1 is 1.35 bits per heavy atom. The summed E-state index contributed by atoms with van der Waals surface area (Å²) in [7, 11) is 0. The van der Waals surface area contributed by atoms with Crippen LogP contribution in [0.1, 0.15) is 22.6 Å². The molecule has 1 amide bonds. The van der Waals surface area contributed by atoms with E-state index in [2.05, 4.69) is 15.3 Å². The van der Waals surface area contributed by atoms with Crippen molar-refractivity contribution in [2.75, 3.05) is 11.1 Å². The zero-order valence-electron chi connectivity index (χ0n) is 13.0. The van der Waals surface area contributed by atoms with E-state index in [9.17, 15) is 9.18 Å². The topological polar surface area (TPSA) is 78.7 Å². The maximum atomic E-state index is 13.7. The third-order valence-electron chi connectivity index (χ3n) is 3.02. The molecule has 1 aromatic carbocycles. The molecule has 1 aromatic heterocycles. The lowest BCUT2D eigenvalue weighted by Crippen LogP contribution is -2.15. The second kappa shape index (κ2) is 7.20. The Morgan fingerprint density at radius 2 is 2.09 bits per heavy atom. The lowest BCUT2D eigenvalue weighted by atomic mass is 10.2. The van der Waals surface area contributed by atoms with E-state index in [-0.39, 0.29) is 17.3 Å². The molecule has 0 saturated heterocycles. The zero-order valence-corrected chi connectivity index (χ0v) is 13.8. The molecule has 1 heterocycles. The first kappa shape index (κ1) is 16.9. The van der Waals surface area contributed by atoms with Crippen LogP contribution in [-0.4, -0.2) is 21.6 Å². The molecular formula is C16H15FN4OS. The number of nitriles is 1. The number of carbonyl (C=O) groups excluding carboxylic acids is 1. The molecule has 0 aliphatic heterocycles.